The van der Waals surface area contributed by atoms with Gasteiger partial charge in [-0.25, -0.2) is 0 Å². The number of hydrogen-bond acceptors (Lipinski definition) is 4. The summed E-state index contributed by atoms with van der Waals surface area (Å²) in [7, 11) is 1.59. The summed E-state index contributed by atoms with van der Waals surface area (Å²) in [6.45, 7) is 2.43. The number of ether oxygens (including phenoxy) is 3. The van der Waals surface area contributed by atoms with Crippen molar-refractivity contribution in [2.24, 2.45) is 0 Å². The van der Waals surface area contributed by atoms with Crippen molar-refractivity contribution in [3.63, 3.8) is 0 Å². The smallest absolute Gasteiger partial charge is 0.224 e. The SMILES string of the molecule is COc1ccc(C)cc1NC(=O)CC[C@@H]1COc2ccccc2O1. The Morgan fingerprint density at radius 3 is 2.83 bits per heavy atom. The van der Waals surface area contributed by atoms with Gasteiger partial charge in [0, 0.05) is 6.42 Å². The Morgan fingerprint density at radius 2 is 2.04 bits per heavy atom. The normalized spacial score (nSPS) is 15.7. The molecule has 1 amide bonds. The van der Waals surface area contributed by atoms with Crippen LogP contribution in [0.5, 0.6) is 17.2 Å². The first kappa shape index (κ1) is 16.2. The number of para-hydroxylation sites is 2. The Balaban J connectivity index is 1.54. The molecule has 0 fully saturated rings. The summed E-state index contributed by atoms with van der Waals surface area (Å²) >= 11 is 0. The van der Waals surface area contributed by atoms with Gasteiger partial charge < -0.3 is 19.5 Å². The van der Waals surface area contributed by atoms with E-state index in [0.29, 0.717) is 30.9 Å². The third kappa shape index (κ3) is 3.79. The Kier molecular flexibility index (Phi) is 4.89. The Hall–Kier alpha value is -2.69. The van der Waals surface area contributed by atoms with E-state index in [1.54, 1.807) is 7.11 Å². The zero-order chi connectivity index (χ0) is 16.9. The van der Waals surface area contributed by atoms with Gasteiger partial charge >= 0.3 is 0 Å². The van der Waals surface area contributed by atoms with E-state index in [4.69, 9.17) is 14.2 Å². The van der Waals surface area contributed by atoms with E-state index in [-0.39, 0.29) is 12.0 Å². The monoisotopic (exact) mass is 327 g/mol. The quantitative estimate of drug-likeness (QED) is 0.912. The van der Waals surface area contributed by atoms with Crippen molar-refractivity contribution in [2.75, 3.05) is 19.0 Å². The zero-order valence-electron chi connectivity index (χ0n) is 13.9. The fraction of sp³-hybridized carbons (Fsp3) is 0.316. The summed E-state index contributed by atoms with van der Waals surface area (Å²) in [6.07, 6.45) is 0.826. The van der Waals surface area contributed by atoms with Crippen molar-refractivity contribution < 1.29 is 19.0 Å². The van der Waals surface area contributed by atoms with Crippen LogP contribution in [-0.4, -0.2) is 25.7 Å². The molecule has 2 aromatic carbocycles. The van der Waals surface area contributed by atoms with Crippen LogP contribution in [0.3, 0.4) is 0 Å². The van der Waals surface area contributed by atoms with E-state index in [9.17, 15) is 4.79 Å². The van der Waals surface area contributed by atoms with Gasteiger partial charge in [0.2, 0.25) is 5.91 Å². The van der Waals surface area contributed by atoms with Gasteiger partial charge in [0.25, 0.3) is 0 Å². The summed E-state index contributed by atoms with van der Waals surface area (Å²) in [5.41, 5.74) is 1.75. The third-order valence-electron chi connectivity index (χ3n) is 3.89. The molecule has 0 aliphatic carbocycles. The number of nitrogens with one attached hydrogen (secondary N) is 1. The average molecular weight is 327 g/mol. The van der Waals surface area contributed by atoms with E-state index in [1.165, 1.54) is 0 Å². The minimum absolute atomic E-state index is 0.0682. The van der Waals surface area contributed by atoms with Crippen molar-refractivity contribution >= 4 is 11.6 Å². The van der Waals surface area contributed by atoms with Gasteiger partial charge in [0.05, 0.1) is 12.8 Å². The zero-order valence-corrected chi connectivity index (χ0v) is 13.9. The van der Waals surface area contributed by atoms with Gasteiger partial charge in [0.15, 0.2) is 11.5 Å². The lowest BCUT2D eigenvalue weighted by atomic mass is 10.1. The number of benzene rings is 2. The number of anilines is 1. The maximum Gasteiger partial charge on any atom is 0.224 e. The molecule has 1 aliphatic rings. The van der Waals surface area contributed by atoms with Crippen LogP contribution in [0.15, 0.2) is 42.5 Å². The highest BCUT2D eigenvalue weighted by molar-refractivity contribution is 5.92. The van der Waals surface area contributed by atoms with Gasteiger partial charge in [-0.2, -0.15) is 0 Å². The van der Waals surface area contributed by atoms with Crippen molar-refractivity contribution in [3.8, 4) is 17.2 Å². The Morgan fingerprint density at radius 1 is 1.25 bits per heavy atom. The molecule has 0 saturated heterocycles. The highest BCUT2D eigenvalue weighted by atomic mass is 16.6. The van der Waals surface area contributed by atoms with Crippen LogP contribution in [0.1, 0.15) is 18.4 Å². The molecule has 126 valence electrons. The highest BCUT2D eigenvalue weighted by Gasteiger charge is 2.21. The maximum atomic E-state index is 12.2. The molecule has 0 aromatic heterocycles. The van der Waals surface area contributed by atoms with Crippen LogP contribution in [-0.2, 0) is 4.79 Å². The van der Waals surface area contributed by atoms with Crippen LogP contribution in [0, 0.1) is 6.92 Å². The minimum atomic E-state index is -0.120. The first-order chi connectivity index (χ1) is 11.7. The van der Waals surface area contributed by atoms with E-state index in [0.717, 1.165) is 17.1 Å². The van der Waals surface area contributed by atoms with Crippen LogP contribution in [0.2, 0.25) is 0 Å². The molecule has 1 atom stereocenters. The molecule has 2 aromatic rings. The summed E-state index contributed by atoms with van der Waals surface area (Å²) in [6, 6.07) is 13.3. The molecule has 5 nitrogen and oxygen atoms in total. The molecule has 1 heterocycles. The second-order valence-electron chi connectivity index (χ2n) is 5.79. The summed E-state index contributed by atoms with van der Waals surface area (Å²) in [5, 5.41) is 2.90. The van der Waals surface area contributed by atoms with E-state index < -0.39 is 0 Å². The molecule has 0 spiro atoms. The molecule has 0 saturated carbocycles. The molecule has 24 heavy (non-hydrogen) atoms. The number of aryl methyl sites for hydroxylation is 1. The summed E-state index contributed by atoms with van der Waals surface area (Å²) in [5.74, 6) is 2.07. The number of fused-ring (bicyclic) bond motifs is 1. The molecule has 0 radical (unpaired) electrons. The largest absolute Gasteiger partial charge is 0.495 e. The van der Waals surface area contributed by atoms with Crippen LogP contribution in [0.25, 0.3) is 0 Å². The third-order valence-corrected chi connectivity index (χ3v) is 3.89. The molecule has 3 rings (SSSR count). The lowest BCUT2D eigenvalue weighted by Crippen LogP contribution is -2.30. The van der Waals surface area contributed by atoms with Gasteiger partial charge in [-0.15, -0.1) is 0 Å². The predicted octanol–water partition coefficient (Wildman–Crippen LogP) is 3.56. The lowest BCUT2D eigenvalue weighted by molar-refractivity contribution is -0.116. The molecule has 0 unspecified atom stereocenters. The van der Waals surface area contributed by atoms with Crippen LogP contribution in [0.4, 0.5) is 5.69 Å². The highest BCUT2D eigenvalue weighted by Crippen LogP contribution is 2.32. The average Bonchev–Trinajstić information content (AvgIpc) is 2.60. The maximum absolute atomic E-state index is 12.2. The van der Waals surface area contributed by atoms with Crippen molar-refractivity contribution in [3.05, 3.63) is 48.0 Å². The van der Waals surface area contributed by atoms with E-state index in [2.05, 4.69) is 5.32 Å². The van der Waals surface area contributed by atoms with Gasteiger partial charge in [-0.1, -0.05) is 18.2 Å². The minimum Gasteiger partial charge on any atom is -0.495 e. The van der Waals surface area contributed by atoms with E-state index >= 15 is 0 Å². The Labute approximate surface area is 141 Å². The number of carbonyl (C=O) groups is 1. The number of amides is 1. The Bertz CT molecular complexity index is 729. The molecular weight excluding hydrogens is 306 g/mol. The molecule has 1 N–H and O–H groups in total. The van der Waals surface area contributed by atoms with Crippen LogP contribution >= 0.6 is 0 Å². The van der Waals surface area contributed by atoms with E-state index in [1.807, 2.05) is 49.4 Å². The first-order valence-electron chi connectivity index (χ1n) is 7.98. The predicted molar refractivity (Wildman–Crippen MR) is 91.9 cm³/mol. The molecule has 0 bridgehead atoms. The fourth-order valence-electron chi connectivity index (χ4n) is 2.63. The first-order valence-corrected chi connectivity index (χ1v) is 7.98. The fourth-order valence-corrected chi connectivity index (χ4v) is 2.63. The molecular formula is C19H21NO4. The van der Waals surface area contributed by atoms with Crippen molar-refractivity contribution in [1.29, 1.82) is 0 Å². The number of methoxy groups -OCH3 is 1. The van der Waals surface area contributed by atoms with Gasteiger partial charge in [-0.05, 0) is 43.2 Å². The number of carbonyl (C=O) groups excluding carboxylic acids is 1. The van der Waals surface area contributed by atoms with Gasteiger partial charge in [-0.3, -0.25) is 4.79 Å². The standard InChI is InChI=1S/C19H21NO4/c1-13-7-9-16(22-2)15(11-13)20-19(21)10-8-14-12-23-17-5-3-4-6-18(17)24-14/h3-7,9,11,14H,8,10,12H2,1-2H3,(H,20,21)/t14-/m1/s1. The summed E-state index contributed by atoms with van der Waals surface area (Å²) < 4.78 is 16.8. The molecule has 1 aliphatic heterocycles. The second-order valence-corrected chi connectivity index (χ2v) is 5.79. The number of hydrogen-bond donors (Lipinski definition) is 1. The topological polar surface area (TPSA) is 56.8 Å². The molecule has 5 heteroatoms. The van der Waals surface area contributed by atoms with Crippen molar-refractivity contribution in [2.45, 2.75) is 25.9 Å². The summed E-state index contributed by atoms with van der Waals surface area (Å²) in [4.78, 5) is 12.2. The lowest BCUT2D eigenvalue weighted by Gasteiger charge is -2.26. The van der Waals surface area contributed by atoms with Gasteiger partial charge in [0.1, 0.15) is 18.5 Å². The van der Waals surface area contributed by atoms with Crippen molar-refractivity contribution in [1.82, 2.24) is 0 Å². The second kappa shape index (κ2) is 7.25. The number of rotatable bonds is 5. The van der Waals surface area contributed by atoms with Crippen LogP contribution < -0.4 is 19.5 Å².